The highest BCUT2D eigenvalue weighted by Gasteiger charge is 2.14. The third-order valence-corrected chi connectivity index (χ3v) is 5.39. The smallest absolute Gasteiger partial charge is 0.338 e. The van der Waals surface area contributed by atoms with Crippen LogP contribution in [0.4, 0.5) is 11.5 Å². The lowest BCUT2D eigenvalue weighted by Crippen LogP contribution is -2.04. The van der Waals surface area contributed by atoms with Crippen molar-refractivity contribution >= 4 is 39.0 Å². The van der Waals surface area contributed by atoms with Crippen molar-refractivity contribution in [1.82, 2.24) is 9.97 Å². The number of rotatable bonds is 7. The SMILES string of the molecule is CCOC(=O)c1ccc(Nc2ncnc3scc(-c4ccc(OCC)cc4)c23)cc1. The van der Waals surface area contributed by atoms with Crippen LogP contribution in [0.2, 0.25) is 0 Å². The van der Waals surface area contributed by atoms with E-state index in [2.05, 4.69) is 20.7 Å². The minimum atomic E-state index is -0.330. The standard InChI is InChI=1S/C23H21N3O3S/c1-3-28-18-11-7-15(8-12-18)19-13-30-22-20(19)21(24-14-25-22)26-17-9-5-16(6-10-17)23(27)29-4-2/h5-14H,3-4H2,1-2H3,(H,24,25,26). The van der Waals surface area contributed by atoms with E-state index in [9.17, 15) is 4.79 Å². The first-order chi connectivity index (χ1) is 14.7. The van der Waals surface area contributed by atoms with Crippen LogP contribution in [0.3, 0.4) is 0 Å². The number of ether oxygens (including phenoxy) is 2. The summed E-state index contributed by atoms with van der Waals surface area (Å²) in [7, 11) is 0. The number of esters is 1. The van der Waals surface area contributed by atoms with E-state index in [1.54, 1.807) is 36.7 Å². The number of nitrogens with one attached hydrogen (secondary N) is 1. The van der Waals surface area contributed by atoms with Gasteiger partial charge in [-0.05, 0) is 55.8 Å². The molecule has 0 bridgehead atoms. The van der Waals surface area contributed by atoms with Crippen molar-refractivity contribution in [2.75, 3.05) is 18.5 Å². The molecule has 0 spiro atoms. The van der Waals surface area contributed by atoms with E-state index in [0.717, 1.165) is 32.8 Å². The van der Waals surface area contributed by atoms with E-state index in [1.807, 2.05) is 43.3 Å². The van der Waals surface area contributed by atoms with E-state index < -0.39 is 0 Å². The molecule has 0 saturated heterocycles. The van der Waals surface area contributed by atoms with Gasteiger partial charge in [-0.25, -0.2) is 14.8 Å². The summed E-state index contributed by atoms with van der Waals surface area (Å²) in [6.07, 6.45) is 1.55. The Bertz CT molecular complexity index is 1150. The lowest BCUT2D eigenvalue weighted by Gasteiger charge is -2.10. The predicted octanol–water partition coefficient (Wildman–Crippen LogP) is 5.68. The second-order valence-corrected chi connectivity index (χ2v) is 7.29. The Kier molecular flexibility index (Phi) is 5.90. The monoisotopic (exact) mass is 419 g/mol. The van der Waals surface area contributed by atoms with E-state index in [1.165, 1.54) is 0 Å². The van der Waals surface area contributed by atoms with Gasteiger partial charge in [-0.3, -0.25) is 0 Å². The molecule has 1 N–H and O–H groups in total. The first kappa shape index (κ1) is 19.8. The second-order valence-electron chi connectivity index (χ2n) is 6.43. The summed E-state index contributed by atoms with van der Waals surface area (Å²) in [6.45, 7) is 4.74. The molecule has 4 aromatic rings. The molecule has 0 radical (unpaired) electrons. The Morgan fingerprint density at radius 3 is 2.47 bits per heavy atom. The fourth-order valence-corrected chi connectivity index (χ4v) is 4.04. The molecular formula is C23H21N3O3S. The van der Waals surface area contributed by atoms with Gasteiger partial charge in [0.05, 0.1) is 24.2 Å². The van der Waals surface area contributed by atoms with Crippen LogP contribution >= 0.6 is 11.3 Å². The summed E-state index contributed by atoms with van der Waals surface area (Å²) < 4.78 is 10.6. The van der Waals surface area contributed by atoms with Gasteiger partial charge in [0.1, 0.15) is 22.7 Å². The first-order valence-corrected chi connectivity index (χ1v) is 10.6. The van der Waals surface area contributed by atoms with Crippen molar-refractivity contribution in [3.05, 3.63) is 65.8 Å². The topological polar surface area (TPSA) is 73.3 Å². The molecule has 0 aliphatic heterocycles. The Balaban J connectivity index is 1.65. The Morgan fingerprint density at radius 1 is 1.00 bits per heavy atom. The quantitative estimate of drug-likeness (QED) is 0.389. The maximum atomic E-state index is 11.9. The molecular weight excluding hydrogens is 398 g/mol. The molecule has 7 heteroatoms. The summed E-state index contributed by atoms with van der Waals surface area (Å²) in [4.78, 5) is 21.6. The number of anilines is 2. The number of carbonyl (C=O) groups is 1. The third-order valence-electron chi connectivity index (χ3n) is 4.51. The number of benzene rings is 2. The zero-order chi connectivity index (χ0) is 20.9. The zero-order valence-corrected chi connectivity index (χ0v) is 17.5. The van der Waals surface area contributed by atoms with Crippen molar-refractivity contribution in [2.24, 2.45) is 0 Å². The number of fused-ring (bicyclic) bond motifs is 1. The van der Waals surface area contributed by atoms with E-state index in [-0.39, 0.29) is 5.97 Å². The Labute approximate surface area is 178 Å². The van der Waals surface area contributed by atoms with E-state index >= 15 is 0 Å². The Morgan fingerprint density at radius 2 is 1.77 bits per heavy atom. The van der Waals surface area contributed by atoms with Gasteiger partial charge in [0.15, 0.2) is 0 Å². The molecule has 4 rings (SSSR count). The molecule has 0 aliphatic carbocycles. The van der Waals surface area contributed by atoms with Crippen LogP contribution in [0.1, 0.15) is 24.2 Å². The lowest BCUT2D eigenvalue weighted by molar-refractivity contribution is 0.0526. The van der Waals surface area contributed by atoms with Crippen LogP contribution in [0.25, 0.3) is 21.3 Å². The van der Waals surface area contributed by atoms with Crippen molar-refractivity contribution in [2.45, 2.75) is 13.8 Å². The zero-order valence-electron chi connectivity index (χ0n) is 16.7. The van der Waals surface area contributed by atoms with Gasteiger partial charge in [0.2, 0.25) is 0 Å². The normalized spacial score (nSPS) is 10.7. The van der Waals surface area contributed by atoms with Crippen LogP contribution < -0.4 is 10.1 Å². The van der Waals surface area contributed by atoms with Crippen molar-refractivity contribution < 1.29 is 14.3 Å². The number of thiophene rings is 1. The van der Waals surface area contributed by atoms with Gasteiger partial charge < -0.3 is 14.8 Å². The molecule has 0 saturated carbocycles. The average Bonchev–Trinajstić information content (AvgIpc) is 3.20. The number of hydrogen-bond acceptors (Lipinski definition) is 7. The molecule has 0 aliphatic rings. The minimum absolute atomic E-state index is 0.330. The summed E-state index contributed by atoms with van der Waals surface area (Å²) in [6, 6.07) is 15.2. The number of nitrogens with zero attached hydrogens (tertiary/aromatic N) is 2. The van der Waals surface area contributed by atoms with Gasteiger partial charge in [-0.1, -0.05) is 12.1 Å². The molecule has 30 heavy (non-hydrogen) atoms. The Hall–Kier alpha value is -3.45. The molecule has 2 aromatic heterocycles. The summed E-state index contributed by atoms with van der Waals surface area (Å²) in [5, 5.41) is 6.40. The molecule has 0 fully saturated rings. The molecule has 6 nitrogen and oxygen atoms in total. The van der Waals surface area contributed by atoms with Crippen molar-refractivity contribution in [3.8, 4) is 16.9 Å². The molecule has 0 unspecified atom stereocenters. The third kappa shape index (κ3) is 4.11. The molecule has 152 valence electrons. The highest BCUT2D eigenvalue weighted by Crippen LogP contribution is 2.37. The summed E-state index contributed by atoms with van der Waals surface area (Å²) in [5.74, 6) is 1.23. The average molecular weight is 420 g/mol. The summed E-state index contributed by atoms with van der Waals surface area (Å²) in [5.41, 5.74) is 3.47. The maximum Gasteiger partial charge on any atom is 0.338 e. The maximum absolute atomic E-state index is 11.9. The molecule has 2 heterocycles. The highest BCUT2D eigenvalue weighted by atomic mass is 32.1. The fourth-order valence-electron chi connectivity index (χ4n) is 3.12. The van der Waals surface area contributed by atoms with Gasteiger partial charge in [0.25, 0.3) is 0 Å². The van der Waals surface area contributed by atoms with E-state index in [0.29, 0.717) is 24.6 Å². The molecule has 0 atom stereocenters. The first-order valence-electron chi connectivity index (χ1n) is 9.69. The van der Waals surface area contributed by atoms with Crippen LogP contribution in [-0.4, -0.2) is 29.2 Å². The van der Waals surface area contributed by atoms with Crippen molar-refractivity contribution in [1.29, 1.82) is 0 Å². The fraction of sp³-hybridized carbons (Fsp3) is 0.174. The minimum Gasteiger partial charge on any atom is -0.494 e. The van der Waals surface area contributed by atoms with Gasteiger partial charge >= 0.3 is 5.97 Å². The van der Waals surface area contributed by atoms with Crippen LogP contribution in [-0.2, 0) is 4.74 Å². The van der Waals surface area contributed by atoms with Crippen LogP contribution in [0, 0.1) is 0 Å². The highest BCUT2D eigenvalue weighted by molar-refractivity contribution is 7.17. The molecule has 0 amide bonds. The van der Waals surface area contributed by atoms with E-state index in [4.69, 9.17) is 9.47 Å². The number of hydrogen-bond donors (Lipinski definition) is 1. The largest absolute Gasteiger partial charge is 0.494 e. The van der Waals surface area contributed by atoms with Crippen LogP contribution in [0.15, 0.2) is 60.2 Å². The lowest BCUT2D eigenvalue weighted by atomic mass is 10.1. The predicted molar refractivity (Wildman–Crippen MR) is 120 cm³/mol. The van der Waals surface area contributed by atoms with Gasteiger partial charge in [-0.2, -0.15) is 0 Å². The van der Waals surface area contributed by atoms with Gasteiger partial charge in [-0.15, -0.1) is 11.3 Å². The summed E-state index contributed by atoms with van der Waals surface area (Å²) >= 11 is 1.58. The second kappa shape index (κ2) is 8.92. The number of aromatic nitrogens is 2. The van der Waals surface area contributed by atoms with Crippen LogP contribution in [0.5, 0.6) is 5.75 Å². The number of carbonyl (C=O) groups excluding carboxylic acids is 1. The van der Waals surface area contributed by atoms with Crippen molar-refractivity contribution in [3.63, 3.8) is 0 Å². The van der Waals surface area contributed by atoms with Gasteiger partial charge in [0, 0.05) is 16.6 Å². The molecule has 2 aromatic carbocycles.